The third kappa shape index (κ3) is 5.90. The Balaban J connectivity index is 1.35. The summed E-state index contributed by atoms with van der Waals surface area (Å²) < 4.78 is 11.7. The van der Waals surface area contributed by atoms with Crippen LogP contribution in [0.15, 0.2) is 59.6 Å². The number of ether oxygens (including phenoxy) is 2. The lowest BCUT2D eigenvalue weighted by atomic mass is 10.0. The third-order valence-electron chi connectivity index (χ3n) is 5.51. The average molecular weight is 466 g/mol. The Morgan fingerprint density at radius 2 is 1.97 bits per heavy atom. The van der Waals surface area contributed by atoms with E-state index < -0.39 is 0 Å². The van der Waals surface area contributed by atoms with E-state index in [2.05, 4.69) is 10.3 Å². The standard InChI is InChI=1S/C25H27N3O4S/c1-2-31-23-14-19(5-6-22(23)32-16-18-4-3-10-26-15-18)25(30)28-11-7-21(8-12-28)27-24(29)20-9-13-33-17-20/h3-6,9-10,13-15,17,21H,2,7-8,11-12,16H2,1H3,(H,27,29). The molecule has 172 valence electrons. The van der Waals surface area contributed by atoms with Crippen molar-refractivity contribution in [1.82, 2.24) is 15.2 Å². The number of aromatic nitrogens is 1. The zero-order valence-electron chi connectivity index (χ0n) is 18.5. The maximum absolute atomic E-state index is 13.1. The number of piperidine rings is 1. The van der Waals surface area contributed by atoms with Crippen molar-refractivity contribution >= 4 is 23.2 Å². The smallest absolute Gasteiger partial charge is 0.253 e. The average Bonchev–Trinajstić information content (AvgIpc) is 3.39. The van der Waals surface area contributed by atoms with Crippen LogP contribution in [-0.2, 0) is 6.61 Å². The fourth-order valence-corrected chi connectivity index (χ4v) is 4.38. The first-order chi connectivity index (χ1) is 16.1. The van der Waals surface area contributed by atoms with Gasteiger partial charge in [-0.1, -0.05) is 6.07 Å². The molecule has 8 heteroatoms. The van der Waals surface area contributed by atoms with Crippen LogP contribution in [0.3, 0.4) is 0 Å². The summed E-state index contributed by atoms with van der Waals surface area (Å²) in [7, 11) is 0. The molecule has 1 aromatic carbocycles. The van der Waals surface area contributed by atoms with Crippen molar-refractivity contribution in [2.75, 3.05) is 19.7 Å². The van der Waals surface area contributed by atoms with Crippen LogP contribution in [0.4, 0.5) is 0 Å². The highest BCUT2D eigenvalue weighted by molar-refractivity contribution is 7.08. The van der Waals surface area contributed by atoms with Gasteiger partial charge < -0.3 is 19.7 Å². The van der Waals surface area contributed by atoms with Crippen molar-refractivity contribution in [3.8, 4) is 11.5 Å². The second-order valence-corrected chi connectivity index (χ2v) is 8.58. The molecular formula is C25H27N3O4S. The lowest BCUT2D eigenvalue weighted by Gasteiger charge is -2.32. The van der Waals surface area contributed by atoms with Gasteiger partial charge in [0.15, 0.2) is 11.5 Å². The Bertz CT molecular complexity index is 1060. The molecular weight excluding hydrogens is 438 g/mol. The molecule has 3 aromatic rings. The van der Waals surface area contributed by atoms with Gasteiger partial charge in [-0.3, -0.25) is 14.6 Å². The van der Waals surface area contributed by atoms with Crippen molar-refractivity contribution in [3.63, 3.8) is 0 Å². The zero-order valence-corrected chi connectivity index (χ0v) is 19.3. The number of nitrogens with one attached hydrogen (secondary N) is 1. The van der Waals surface area contributed by atoms with Crippen LogP contribution in [0, 0.1) is 0 Å². The number of hydrogen-bond acceptors (Lipinski definition) is 6. The molecule has 0 unspecified atom stereocenters. The Morgan fingerprint density at radius 3 is 2.67 bits per heavy atom. The summed E-state index contributed by atoms with van der Waals surface area (Å²) in [4.78, 5) is 31.3. The van der Waals surface area contributed by atoms with Crippen LogP contribution in [0.2, 0.25) is 0 Å². The molecule has 7 nitrogen and oxygen atoms in total. The van der Waals surface area contributed by atoms with Gasteiger partial charge in [0.1, 0.15) is 6.61 Å². The molecule has 1 aliphatic rings. The molecule has 1 aliphatic heterocycles. The SMILES string of the molecule is CCOc1cc(C(=O)N2CCC(NC(=O)c3ccsc3)CC2)ccc1OCc1cccnc1. The summed E-state index contributed by atoms with van der Waals surface area (Å²) in [5.41, 5.74) is 2.20. The van der Waals surface area contributed by atoms with Gasteiger partial charge in [0, 0.05) is 53.6 Å². The van der Waals surface area contributed by atoms with Crippen LogP contribution in [0.5, 0.6) is 11.5 Å². The highest BCUT2D eigenvalue weighted by atomic mass is 32.1. The summed E-state index contributed by atoms with van der Waals surface area (Å²) in [6, 6.07) is 11.0. The van der Waals surface area contributed by atoms with E-state index in [0.717, 1.165) is 18.4 Å². The molecule has 3 heterocycles. The van der Waals surface area contributed by atoms with E-state index in [4.69, 9.17) is 9.47 Å². The Hall–Kier alpha value is -3.39. The van der Waals surface area contributed by atoms with Gasteiger partial charge in [0.2, 0.25) is 0 Å². The summed E-state index contributed by atoms with van der Waals surface area (Å²) in [6.07, 6.45) is 4.93. The topological polar surface area (TPSA) is 80.8 Å². The second-order valence-electron chi connectivity index (χ2n) is 7.80. The summed E-state index contributed by atoms with van der Waals surface area (Å²) in [6.45, 7) is 3.92. The second kappa shape index (κ2) is 11.0. The van der Waals surface area contributed by atoms with Gasteiger partial charge in [0.25, 0.3) is 11.8 Å². The number of pyridine rings is 1. The Morgan fingerprint density at radius 1 is 1.12 bits per heavy atom. The van der Waals surface area contributed by atoms with Crippen molar-refractivity contribution in [2.24, 2.45) is 0 Å². The minimum atomic E-state index is -0.0516. The molecule has 1 fully saturated rings. The number of benzene rings is 1. The molecule has 0 atom stereocenters. The maximum atomic E-state index is 13.1. The number of carbonyl (C=O) groups is 2. The van der Waals surface area contributed by atoms with Crippen LogP contribution in [0.1, 0.15) is 46.0 Å². The van der Waals surface area contributed by atoms with Crippen molar-refractivity contribution < 1.29 is 19.1 Å². The lowest BCUT2D eigenvalue weighted by molar-refractivity contribution is 0.0697. The quantitative estimate of drug-likeness (QED) is 0.540. The van der Waals surface area contributed by atoms with Gasteiger partial charge in [-0.2, -0.15) is 11.3 Å². The molecule has 1 saturated heterocycles. The third-order valence-corrected chi connectivity index (χ3v) is 6.19. The van der Waals surface area contributed by atoms with Crippen molar-refractivity contribution in [3.05, 3.63) is 76.2 Å². The number of likely N-dealkylation sites (tertiary alicyclic amines) is 1. The molecule has 0 radical (unpaired) electrons. The number of carbonyl (C=O) groups excluding carboxylic acids is 2. The minimum Gasteiger partial charge on any atom is -0.490 e. The maximum Gasteiger partial charge on any atom is 0.253 e. The van der Waals surface area contributed by atoms with E-state index in [9.17, 15) is 9.59 Å². The van der Waals surface area contributed by atoms with E-state index in [1.165, 1.54) is 11.3 Å². The Kier molecular flexibility index (Phi) is 7.57. The molecule has 1 N–H and O–H groups in total. The molecule has 4 rings (SSSR count). The molecule has 0 aliphatic carbocycles. The van der Waals surface area contributed by atoms with Crippen LogP contribution < -0.4 is 14.8 Å². The Labute approximate surface area is 197 Å². The van der Waals surface area contributed by atoms with Gasteiger partial charge in [0.05, 0.1) is 6.61 Å². The fourth-order valence-electron chi connectivity index (χ4n) is 3.75. The van der Waals surface area contributed by atoms with Crippen LogP contribution in [-0.4, -0.2) is 47.4 Å². The lowest BCUT2D eigenvalue weighted by Crippen LogP contribution is -2.46. The van der Waals surface area contributed by atoms with Gasteiger partial charge in [-0.05, 0) is 55.5 Å². The highest BCUT2D eigenvalue weighted by Crippen LogP contribution is 2.30. The van der Waals surface area contributed by atoms with Gasteiger partial charge in [-0.25, -0.2) is 0 Å². The van der Waals surface area contributed by atoms with E-state index in [-0.39, 0.29) is 17.9 Å². The van der Waals surface area contributed by atoms with Gasteiger partial charge >= 0.3 is 0 Å². The normalized spacial score (nSPS) is 14.0. The number of rotatable bonds is 8. The first-order valence-electron chi connectivity index (χ1n) is 11.0. The summed E-state index contributed by atoms with van der Waals surface area (Å²) in [5, 5.41) is 6.80. The number of amides is 2. The molecule has 2 aromatic heterocycles. The number of hydrogen-bond donors (Lipinski definition) is 1. The first kappa shape index (κ1) is 22.8. The van der Waals surface area contributed by atoms with Gasteiger partial charge in [-0.15, -0.1) is 0 Å². The molecule has 2 amide bonds. The van der Waals surface area contributed by atoms with E-state index in [1.807, 2.05) is 40.8 Å². The van der Waals surface area contributed by atoms with Crippen molar-refractivity contribution in [1.29, 1.82) is 0 Å². The monoisotopic (exact) mass is 465 g/mol. The highest BCUT2D eigenvalue weighted by Gasteiger charge is 2.25. The largest absolute Gasteiger partial charge is 0.490 e. The number of nitrogens with zero attached hydrogens (tertiary/aromatic N) is 2. The predicted octanol–water partition coefficient (Wildman–Crippen LogP) is 4.16. The van der Waals surface area contributed by atoms with E-state index in [1.54, 1.807) is 30.6 Å². The minimum absolute atomic E-state index is 0.0441. The summed E-state index contributed by atoms with van der Waals surface area (Å²) >= 11 is 1.50. The molecule has 0 saturated carbocycles. The van der Waals surface area contributed by atoms with Crippen molar-refractivity contribution in [2.45, 2.75) is 32.4 Å². The number of thiophene rings is 1. The van der Waals surface area contributed by atoms with E-state index >= 15 is 0 Å². The molecule has 0 spiro atoms. The zero-order chi connectivity index (χ0) is 23.0. The van der Waals surface area contributed by atoms with Crippen LogP contribution in [0.25, 0.3) is 0 Å². The van der Waals surface area contributed by atoms with Crippen LogP contribution >= 0.6 is 11.3 Å². The van der Waals surface area contributed by atoms with E-state index in [0.29, 0.717) is 48.9 Å². The molecule has 33 heavy (non-hydrogen) atoms. The molecule has 0 bridgehead atoms. The first-order valence-corrected chi connectivity index (χ1v) is 12.0. The fraction of sp³-hybridized carbons (Fsp3) is 0.320. The summed E-state index contributed by atoms with van der Waals surface area (Å²) in [5.74, 6) is 1.04. The predicted molar refractivity (Wildman–Crippen MR) is 127 cm³/mol.